The Labute approximate surface area is 195 Å². The smallest absolute Gasteiger partial charge is 0.186 e. The molecule has 0 aliphatic heterocycles. The molecule has 0 fully saturated rings. The molecule has 0 spiro atoms. The molecule has 1 N–H and O–H groups in total. The van der Waals surface area contributed by atoms with Crippen molar-refractivity contribution >= 4 is 11.9 Å². The first-order chi connectivity index (χ1) is 15.3. The lowest BCUT2D eigenvalue weighted by molar-refractivity contribution is 0.104. The average Bonchev–Trinajstić information content (AvgIpc) is 2.77. The van der Waals surface area contributed by atoms with Gasteiger partial charge >= 0.3 is 0 Å². The average molecular weight is 435 g/mol. The molecule has 0 aromatic heterocycles. The van der Waals surface area contributed by atoms with Gasteiger partial charge in [0, 0.05) is 11.1 Å². The molecule has 0 amide bonds. The van der Waals surface area contributed by atoms with Gasteiger partial charge in [0.05, 0.1) is 0 Å². The maximum absolute atomic E-state index is 13.2. The summed E-state index contributed by atoms with van der Waals surface area (Å²) in [4.78, 5) is 13.2. The van der Waals surface area contributed by atoms with Crippen molar-refractivity contribution in [3.63, 3.8) is 0 Å². The summed E-state index contributed by atoms with van der Waals surface area (Å²) >= 11 is 0. The van der Waals surface area contributed by atoms with Crippen molar-refractivity contribution in [2.75, 3.05) is 0 Å². The Morgan fingerprint density at radius 1 is 0.875 bits per heavy atom. The van der Waals surface area contributed by atoms with Crippen LogP contribution in [0.4, 0.5) is 0 Å². The summed E-state index contributed by atoms with van der Waals surface area (Å²) in [5.74, 6) is 1.28. The number of carbonyl (C=O) groups is 1. The molecule has 0 radical (unpaired) electrons. The standard InChI is InChI=1S/C30H42O2/c1-7-11-21(4)24-16-18-26(22(5)12-8-2)25(20-24)17-19-28(31)27-14-10-15-29(32)30(27)23(6)13-9-3/h10,14-23,32H,7-9,11-13H2,1-6H3/b19-17+. The quantitative estimate of drug-likeness (QED) is 0.267. The predicted molar refractivity (Wildman–Crippen MR) is 138 cm³/mol. The molecule has 0 heterocycles. The van der Waals surface area contributed by atoms with Crippen LogP contribution >= 0.6 is 0 Å². The molecule has 2 aromatic rings. The van der Waals surface area contributed by atoms with Crippen molar-refractivity contribution in [2.45, 2.75) is 97.8 Å². The monoisotopic (exact) mass is 434 g/mol. The fraction of sp³-hybridized carbons (Fsp3) is 0.500. The van der Waals surface area contributed by atoms with Gasteiger partial charge in [-0.1, -0.05) is 97.2 Å². The highest BCUT2D eigenvalue weighted by Crippen LogP contribution is 2.33. The Morgan fingerprint density at radius 2 is 1.50 bits per heavy atom. The van der Waals surface area contributed by atoms with Gasteiger partial charge in [-0.15, -0.1) is 0 Å². The third-order valence-electron chi connectivity index (χ3n) is 6.63. The summed E-state index contributed by atoms with van der Waals surface area (Å²) < 4.78 is 0. The number of hydrogen-bond acceptors (Lipinski definition) is 2. The highest BCUT2D eigenvalue weighted by Gasteiger charge is 2.18. The molecular weight excluding hydrogens is 392 g/mol. The molecule has 2 nitrogen and oxygen atoms in total. The molecule has 32 heavy (non-hydrogen) atoms. The summed E-state index contributed by atoms with van der Waals surface area (Å²) in [6.07, 6.45) is 10.2. The molecule has 2 rings (SSSR count). The molecule has 0 aliphatic rings. The number of phenols is 1. The first-order valence-corrected chi connectivity index (χ1v) is 12.5. The van der Waals surface area contributed by atoms with E-state index < -0.39 is 0 Å². The zero-order valence-electron chi connectivity index (χ0n) is 20.9. The normalized spacial score (nSPS) is 14.4. The number of phenolic OH excluding ortho intramolecular Hbond substituents is 1. The van der Waals surface area contributed by atoms with Crippen molar-refractivity contribution in [1.82, 2.24) is 0 Å². The van der Waals surface area contributed by atoms with Gasteiger partial charge in [-0.3, -0.25) is 4.79 Å². The maximum Gasteiger partial charge on any atom is 0.186 e. The summed E-state index contributed by atoms with van der Waals surface area (Å²) in [7, 11) is 0. The van der Waals surface area contributed by atoms with E-state index in [0.717, 1.165) is 49.7 Å². The SMILES string of the molecule is CCCC(C)c1ccc(C(C)CCC)c(/C=C/C(=O)c2cccc(O)c2C(C)CCC)c1. The minimum Gasteiger partial charge on any atom is -0.508 e. The third kappa shape index (κ3) is 6.58. The van der Waals surface area contributed by atoms with E-state index in [2.05, 4.69) is 59.7 Å². The van der Waals surface area contributed by atoms with Gasteiger partial charge in [0.15, 0.2) is 5.78 Å². The lowest BCUT2D eigenvalue weighted by Gasteiger charge is -2.18. The molecule has 3 unspecified atom stereocenters. The van der Waals surface area contributed by atoms with Crippen LogP contribution in [0, 0.1) is 0 Å². The van der Waals surface area contributed by atoms with E-state index in [-0.39, 0.29) is 17.5 Å². The van der Waals surface area contributed by atoms with E-state index in [4.69, 9.17) is 0 Å². The second-order valence-corrected chi connectivity index (χ2v) is 9.39. The van der Waals surface area contributed by atoms with Gasteiger partial charge in [0.2, 0.25) is 0 Å². The molecule has 0 aliphatic carbocycles. The summed E-state index contributed by atoms with van der Waals surface area (Å²) in [5.41, 5.74) is 5.16. The van der Waals surface area contributed by atoms with Gasteiger partial charge in [-0.2, -0.15) is 0 Å². The fourth-order valence-corrected chi connectivity index (χ4v) is 4.80. The number of ketones is 1. The van der Waals surface area contributed by atoms with Crippen LogP contribution in [0.3, 0.4) is 0 Å². The molecule has 0 saturated carbocycles. The van der Waals surface area contributed by atoms with Crippen LogP contribution in [0.25, 0.3) is 6.08 Å². The van der Waals surface area contributed by atoms with E-state index in [1.807, 2.05) is 12.1 Å². The number of allylic oxidation sites excluding steroid dienone is 1. The van der Waals surface area contributed by atoms with Crippen molar-refractivity contribution < 1.29 is 9.90 Å². The highest BCUT2D eigenvalue weighted by atomic mass is 16.3. The van der Waals surface area contributed by atoms with Gasteiger partial charge < -0.3 is 5.11 Å². The minimum atomic E-state index is -0.0417. The Kier molecular flexibility index (Phi) is 10.2. The number of hydrogen-bond donors (Lipinski definition) is 1. The van der Waals surface area contributed by atoms with Gasteiger partial charge in [0.25, 0.3) is 0 Å². The molecule has 0 saturated heterocycles. The number of benzene rings is 2. The Hall–Kier alpha value is -2.35. The zero-order valence-corrected chi connectivity index (χ0v) is 20.9. The third-order valence-corrected chi connectivity index (χ3v) is 6.63. The van der Waals surface area contributed by atoms with E-state index in [9.17, 15) is 9.90 Å². The van der Waals surface area contributed by atoms with Gasteiger partial charge in [-0.05, 0) is 65.8 Å². The lowest BCUT2D eigenvalue weighted by Crippen LogP contribution is -2.05. The molecule has 3 atom stereocenters. The van der Waals surface area contributed by atoms with Crippen molar-refractivity contribution in [2.24, 2.45) is 0 Å². The van der Waals surface area contributed by atoms with Crippen LogP contribution < -0.4 is 0 Å². The summed E-state index contributed by atoms with van der Waals surface area (Å²) in [6, 6.07) is 12.1. The van der Waals surface area contributed by atoms with Crippen molar-refractivity contribution in [3.8, 4) is 5.75 Å². The second-order valence-electron chi connectivity index (χ2n) is 9.39. The van der Waals surface area contributed by atoms with Crippen LogP contribution in [0.5, 0.6) is 5.75 Å². The van der Waals surface area contributed by atoms with Crippen LogP contribution in [0.2, 0.25) is 0 Å². The highest BCUT2D eigenvalue weighted by molar-refractivity contribution is 6.08. The fourth-order valence-electron chi connectivity index (χ4n) is 4.80. The van der Waals surface area contributed by atoms with Crippen LogP contribution in [-0.2, 0) is 0 Å². The minimum absolute atomic E-state index is 0.0417. The van der Waals surface area contributed by atoms with E-state index >= 15 is 0 Å². The van der Waals surface area contributed by atoms with Gasteiger partial charge in [-0.25, -0.2) is 0 Å². The Morgan fingerprint density at radius 3 is 2.16 bits per heavy atom. The number of aromatic hydroxyl groups is 1. The topological polar surface area (TPSA) is 37.3 Å². The Balaban J connectivity index is 2.44. The summed E-state index contributed by atoms with van der Waals surface area (Å²) in [5, 5.41) is 10.5. The zero-order chi connectivity index (χ0) is 23.7. The van der Waals surface area contributed by atoms with Gasteiger partial charge in [0.1, 0.15) is 5.75 Å². The van der Waals surface area contributed by atoms with Crippen molar-refractivity contribution in [3.05, 3.63) is 70.3 Å². The first-order valence-electron chi connectivity index (χ1n) is 12.5. The molecule has 2 aromatic carbocycles. The molecule has 2 heteroatoms. The maximum atomic E-state index is 13.2. The molecule has 0 bridgehead atoms. The van der Waals surface area contributed by atoms with Crippen LogP contribution in [0.15, 0.2) is 42.5 Å². The first kappa shape index (κ1) is 25.9. The predicted octanol–water partition coefficient (Wildman–Crippen LogP) is 9.00. The molecule has 174 valence electrons. The summed E-state index contributed by atoms with van der Waals surface area (Å²) in [6.45, 7) is 13.2. The van der Waals surface area contributed by atoms with Crippen LogP contribution in [0.1, 0.15) is 130 Å². The number of carbonyl (C=O) groups excluding carboxylic acids is 1. The van der Waals surface area contributed by atoms with E-state index in [1.165, 1.54) is 11.1 Å². The van der Waals surface area contributed by atoms with E-state index in [1.54, 1.807) is 18.2 Å². The Bertz CT molecular complexity index is 909. The lowest BCUT2D eigenvalue weighted by atomic mass is 9.87. The van der Waals surface area contributed by atoms with E-state index in [0.29, 0.717) is 17.4 Å². The largest absolute Gasteiger partial charge is 0.508 e. The number of rotatable bonds is 12. The second kappa shape index (κ2) is 12.6. The van der Waals surface area contributed by atoms with Crippen molar-refractivity contribution in [1.29, 1.82) is 0 Å². The van der Waals surface area contributed by atoms with Crippen LogP contribution in [-0.4, -0.2) is 10.9 Å². The molecular formula is C30H42O2.